The number of carbonyl (C=O) groups excluding carboxylic acids is 1. The number of amides is 1. The third kappa shape index (κ3) is 6.42. The number of primary amides is 1. The van der Waals surface area contributed by atoms with Gasteiger partial charge < -0.3 is 15.8 Å². The highest BCUT2D eigenvalue weighted by Gasteiger charge is 2.12. The summed E-state index contributed by atoms with van der Waals surface area (Å²) in [5, 5.41) is 3.08. The van der Waals surface area contributed by atoms with Crippen molar-refractivity contribution in [2.45, 2.75) is 19.4 Å². The van der Waals surface area contributed by atoms with E-state index in [4.69, 9.17) is 10.5 Å². The summed E-state index contributed by atoms with van der Waals surface area (Å²) in [4.78, 5) is 10.7. The van der Waals surface area contributed by atoms with Crippen LogP contribution in [0.25, 0.3) is 0 Å². The summed E-state index contributed by atoms with van der Waals surface area (Å²) in [7, 11) is -3.05. The first-order chi connectivity index (χ1) is 9.28. The van der Waals surface area contributed by atoms with Gasteiger partial charge in [0.2, 0.25) is 5.91 Å². The molecule has 1 aromatic carbocycles. The van der Waals surface area contributed by atoms with Crippen molar-refractivity contribution in [1.82, 2.24) is 0 Å². The minimum absolute atomic E-state index is 0.0304. The lowest BCUT2D eigenvalue weighted by Gasteiger charge is -2.17. The number of benzene rings is 1. The predicted octanol–water partition coefficient (Wildman–Crippen LogP) is 0.786. The fraction of sp³-hybridized carbons (Fsp3) is 0.462. The van der Waals surface area contributed by atoms with Crippen LogP contribution in [0.3, 0.4) is 0 Å². The molecule has 112 valence electrons. The molecule has 0 spiro atoms. The topological polar surface area (TPSA) is 98.5 Å². The summed E-state index contributed by atoms with van der Waals surface area (Å²) >= 11 is 0. The van der Waals surface area contributed by atoms with Crippen LogP contribution >= 0.6 is 0 Å². The van der Waals surface area contributed by atoms with Gasteiger partial charge >= 0.3 is 0 Å². The van der Waals surface area contributed by atoms with Gasteiger partial charge in [-0.05, 0) is 19.1 Å². The summed E-state index contributed by atoms with van der Waals surface area (Å²) < 4.78 is 27.9. The Balaban J connectivity index is 2.67. The maximum atomic E-state index is 11.2. The van der Waals surface area contributed by atoms with Crippen LogP contribution < -0.4 is 15.8 Å². The van der Waals surface area contributed by atoms with Crippen molar-refractivity contribution >= 4 is 21.4 Å². The summed E-state index contributed by atoms with van der Waals surface area (Å²) in [6.07, 6.45) is 1.33. The molecule has 1 aromatic rings. The van der Waals surface area contributed by atoms with E-state index < -0.39 is 15.7 Å². The van der Waals surface area contributed by atoms with Crippen molar-refractivity contribution in [2.24, 2.45) is 5.73 Å². The van der Waals surface area contributed by atoms with Gasteiger partial charge in [-0.3, -0.25) is 4.79 Å². The van der Waals surface area contributed by atoms with Crippen LogP contribution in [0.1, 0.15) is 13.3 Å². The average Bonchev–Trinajstić information content (AvgIpc) is 2.28. The molecule has 1 rings (SSSR count). The number of nitrogens with two attached hydrogens (primary N) is 1. The molecule has 0 bridgehead atoms. The Morgan fingerprint density at radius 3 is 2.65 bits per heavy atom. The van der Waals surface area contributed by atoms with Crippen molar-refractivity contribution in [3.8, 4) is 5.75 Å². The molecular formula is C13H20N2O4S. The lowest BCUT2D eigenvalue weighted by atomic mass is 10.2. The molecule has 6 nitrogen and oxygen atoms in total. The average molecular weight is 300 g/mol. The van der Waals surface area contributed by atoms with E-state index in [-0.39, 0.29) is 24.8 Å². The zero-order valence-electron chi connectivity index (χ0n) is 11.6. The summed E-state index contributed by atoms with van der Waals surface area (Å²) in [5.74, 6) is 0.165. The second kappa shape index (κ2) is 7.14. The van der Waals surface area contributed by atoms with Gasteiger partial charge in [-0.15, -0.1) is 0 Å². The van der Waals surface area contributed by atoms with E-state index >= 15 is 0 Å². The van der Waals surface area contributed by atoms with Crippen LogP contribution in [0.4, 0.5) is 5.69 Å². The number of hydrogen-bond acceptors (Lipinski definition) is 5. The number of rotatable bonds is 8. The van der Waals surface area contributed by atoms with E-state index in [2.05, 4.69) is 5.32 Å². The zero-order chi connectivity index (χ0) is 15.2. The van der Waals surface area contributed by atoms with E-state index in [0.29, 0.717) is 11.4 Å². The van der Waals surface area contributed by atoms with Crippen LogP contribution in [0.2, 0.25) is 0 Å². The Morgan fingerprint density at radius 2 is 2.05 bits per heavy atom. The van der Waals surface area contributed by atoms with Gasteiger partial charge in [0, 0.05) is 12.3 Å². The Labute approximate surface area is 119 Å². The minimum Gasteiger partial charge on any atom is -0.491 e. The Bertz CT molecular complexity index is 557. The minimum atomic E-state index is -3.05. The van der Waals surface area contributed by atoms with Crippen LogP contribution in [0.5, 0.6) is 5.75 Å². The van der Waals surface area contributed by atoms with Gasteiger partial charge in [-0.25, -0.2) is 8.42 Å². The molecule has 20 heavy (non-hydrogen) atoms. The highest BCUT2D eigenvalue weighted by atomic mass is 32.2. The van der Waals surface area contributed by atoms with E-state index in [1.807, 2.05) is 6.07 Å². The van der Waals surface area contributed by atoms with Gasteiger partial charge in [-0.2, -0.15) is 0 Å². The maximum Gasteiger partial charge on any atom is 0.220 e. The molecule has 3 N–H and O–H groups in total. The quantitative estimate of drug-likeness (QED) is 0.739. The normalized spacial score (nSPS) is 12.7. The molecule has 0 aromatic heterocycles. The van der Waals surface area contributed by atoms with Crippen molar-refractivity contribution in [1.29, 1.82) is 0 Å². The fourth-order valence-electron chi connectivity index (χ4n) is 1.73. The standard InChI is InChI=1S/C13H20N2O4S/c1-10(9-20(2,17)18)15-11-5-3-4-6-12(11)19-8-7-13(14)16/h3-6,10,15H,7-9H2,1-2H3,(H2,14,16). The SMILES string of the molecule is CC(CS(C)(=O)=O)Nc1ccccc1OCCC(N)=O. The highest BCUT2D eigenvalue weighted by molar-refractivity contribution is 7.90. The predicted molar refractivity (Wildman–Crippen MR) is 78.5 cm³/mol. The molecule has 0 aliphatic rings. The monoisotopic (exact) mass is 300 g/mol. The molecule has 0 radical (unpaired) electrons. The number of hydrogen-bond donors (Lipinski definition) is 2. The zero-order valence-corrected chi connectivity index (χ0v) is 12.4. The first-order valence-corrected chi connectivity index (χ1v) is 8.28. The van der Waals surface area contributed by atoms with Gasteiger partial charge in [0.25, 0.3) is 0 Å². The molecule has 0 aliphatic heterocycles. The molecule has 7 heteroatoms. The second-order valence-electron chi connectivity index (χ2n) is 4.70. The van der Waals surface area contributed by atoms with Crippen molar-refractivity contribution in [3.63, 3.8) is 0 Å². The number of sulfone groups is 1. The molecule has 1 amide bonds. The summed E-state index contributed by atoms with van der Waals surface area (Å²) in [5.41, 5.74) is 5.73. The highest BCUT2D eigenvalue weighted by Crippen LogP contribution is 2.24. The largest absolute Gasteiger partial charge is 0.491 e. The lowest BCUT2D eigenvalue weighted by Crippen LogP contribution is -2.25. The van der Waals surface area contributed by atoms with Crippen molar-refractivity contribution in [2.75, 3.05) is 23.9 Å². The number of ether oxygens (including phenoxy) is 1. The lowest BCUT2D eigenvalue weighted by molar-refractivity contribution is -0.118. The molecule has 1 unspecified atom stereocenters. The maximum absolute atomic E-state index is 11.2. The molecule has 1 atom stereocenters. The van der Waals surface area contributed by atoms with Crippen molar-refractivity contribution in [3.05, 3.63) is 24.3 Å². The number of carbonyl (C=O) groups is 1. The first kappa shape index (κ1) is 16.3. The van der Waals surface area contributed by atoms with Crippen molar-refractivity contribution < 1.29 is 17.9 Å². The van der Waals surface area contributed by atoms with Crippen LogP contribution in [0, 0.1) is 0 Å². The third-order valence-corrected chi connectivity index (χ3v) is 3.55. The van der Waals surface area contributed by atoms with Crippen LogP contribution in [-0.4, -0.2) is 39.0 Å². The van der Waals surface area contributed by atoms with E-state index in [1.165, 1.54) is 6.26 Å². The fourth-order valence-corrected chi connectivity index (χ4v) is 2.73. The van der Waals surface area contributed by atoms with Gasteiger partial charge in [0.05, 0.1) is 24.5 Å². The number of anilines is 1. The smallest absolute Gasteiger partial charge is 0.220 e. The summed E-state index contributed by atoms with van der Waals surface area (Å²) in [6.45, 7) is 1.97. The van der Waals surface area contributed by atoms with E-state index in [1.54, 1.807) is 25.1 Å². The van der Waals surface area contributed by atoms with Gasteiger partial charge in [0.1, 0.15) is 15.6 Å². The molecule has 0 heterocycles. The number of nitrogens with one attached hydrogen (secondary N) is 1. The Kier molecular flexibility index (Phi) is 5.82. The second-order valence-corrected chi connectivity index (χ2v) is 6.88. The van der Waals surface area contributed by atoms with E-state index in [9.17, 15) is 13.2 Å². The third-order valence-electron chi connectivity index (χ3n) is 2.45. The first-order valence-electron chi connectivity index (χ1n) is 6.22. The molecule has 0 fully saturated rings. The van der Waals surface area contributed by atoms with Crippen LogP contribution in [-0.2, 0) is 14.6 Å². The summed E-state index contributed by atoms with van der Waals surface area (Å²) in [6, 6.07) is 6.91. The Hall–Kier alpha value is -1.76. The Morgan fingerprint density at radius 1 is 1.40 bits per heavy atom. The van der Waals surface area contributed by atoms with Gasteiger partial charge in [0.15, 0.2) is 0 Å². The van der Waals surface area contributed by atoms with E-state index in [0.717, 1.165) is 0 Å². The molecule has 0 saturated heterocycles. The molecule has 0 aliphatic carbocycles. The number of para-hydroxylation sites is 2. The molecule has 0 saturated carbocycles. The van der Waals surface area contributed by atoms with Crippen LogP contribution in [0.15, 0.2) is 24.3 Å². The van der Waals surface area contributed by atoms with Gasteiger partial charge in [-0.1, -0.05) is 12.1 Å². The molecular weight excluding hydrogens is 280 g/mol.